The SMILES string of the molecule is C=S(C)(=O)Nc1cccc(-n2c(=O)n(C3CC3)c(=O)c3c(Nc4ccc(Br)cc4)cc(=O)n(C)c32)c1. The highest BCUT2D eigenvalue weighted by Gasteiger charge is 2.31. The van der Waals surface area contributed by atoms with Gasteiger partial charge in [-0.05, 0) is 61.2 Å². The third-order valence-electron chi connectivity index (χ3n) is 5.92. The summed E-state index contributed by atoms with van der Waals surface area (Å²) in [4.78, 5) is 40.5. The van der Waals surface area contributed by atoms with Gasteiger partial charge in [-0.25, -0.2) is 13.6 Å². The Hall–Kier alpha value is -3.57. The molecule has 0 bridgehead atoms. The molecule has 0 aliphatic heterocycles. The number of aromatic nitrogens is 3. The van der Waals surface area contributed by atoms with E-state index in [4.69, 9.17) is 0 Å². The fourth-order valence-corrected chi connectivity index (χ4v) is 5.09. The minimum Gasteiger partial charge on any atom is -0.355 e. The first kappa shape index (κ1) is 24.1. The molecule has 36 heavy (non-hydrogen) atoms. The Morgan fingerprint density at radius 1 is 1.03 bits per heavy atom. The summed E-state index contributed by atoms with van der Waals surface area (Å²) < 4.78 is 19.9. The monoisotopic (exact) mass is 569 g/mol. The van der Waals surface area contributed by atoms with Crippen molar-refractivity contribution in [2.75, 3.05) is 16.3 Å². The summed E-state index contributed by atoms with van der Waals surface area (Å²) in [6.07, 6.45) is 2.92. The zero-order valence-corrected chi connectivity index (χ0v) is 22.1. The first-order valence-corrected chi connectivity index (χ1v) is 14.1. The molecular formula is C25H24BrN5O4S. The average molecular weight is 570 g/mol. The van der Waals surface area contributed by atoms with Crippen LogP contribution in [0.15, 0.2) is 73.5 Å². The second kappa shape index (κ2) is 8.82. The zero-order chi connectivity index (χ0) is 25.8. The van der Waals surface area contributed by atoms with E-state index in [2.05, 4.69) is 31.8 Å². The van der Waals surface area contributed by atoms with Crippen molar-refractivity contribution in [1.29, 1.82) is 0 Å². The van der Waals surface area contributed by atoms with Gasteiger partial charge in [0.15, 0.2) is 0 Å². The summed E-state index contributed by atoms with van der Waals surface area (Å²) in [5, 5.41) is 3.41. The van der Waals surface area contributed by atoms with E-state index in [1.54, 1.807) is 24.3 Å². The number of nitrogens with one attached hydrogen (secondary N) is 2. The van der Waals surface area contributed by atoms with Crippen LogP contribution in [0.1, 0.15) is 18.9 Å². The Bertz CT molecular complexity index is 1800. The van der Waals surface area contributed by atoms with Crippen LogP contribution in [0, 0.1) is 0 Å². The molecular weight excluding hydrogens is 546 g/mol. The number of anilines is 3. The highest BCUT2D eigenvalue weighted by molar-refractivity contribution is 9.10. The topological polar surface area (TPSA) is 107 Å². The molecule has 1 unspecified atom stereocenters. The molecule has 9 nitrogen and oxygen atoms in total. The standard InChI is InChI=1S/C25H24BrN5O4S/c1-29-21(32)14-20(27-16-9-7-15(26)8-10-16)22-23(29)30(25(34)31(24(22)33)18-11-12-18)19-6-4-5-17(13-19)28-36(2,3)35/h4-10,13-14,18,27H,2,11-12H2,1,3H3,(H,28,35). The first-order chi connectivity index (χ1) is 17.0. The van der Waals surface area contributed by atoms with Crippen LogP contribution in [0.4, 0.5) is 17.1 Å². The zero-order valence-electron chi connectivity index (χ0n) is 19.7. The van der Waals surface area contributed by atoms with Gasteiger partial charge in [-0.15, -0.1) is 0 Å². The highest BCUT2D eigenvalue weighted by Crippen LogP contribution is 2.33. The van der Waals surface area contributed by atoms with Crippen LogP contribution in [0.25, 0.3) is 16.7 Å². The van der Waals surface area contributed by atoms with Crippen LogP contribution in [-0.4, -0.2) is 30.0 Å². The molecule has 1 aliphatic rings. The molecule has 4 aromatic rings. The number of pyridine rings is 1. The number of aryl methyl sites for hydroxylation is 1. The van der Waals surface area contributed by atoms with E-state index in [-0.39, 0.29) is 22.6 Å². The van der Waals surface area contributed by atoms with Crippen molar-refractivity contribution in [3.63, 3.8) is 0 Å². The molecule has 2 aromatic carbocycles. The quantitative estimate of drug-likeness (QED) is 0.346. The van der Waals surface area contributed by atoms with Crippen LogP contribution in [0.3, 0.4) is 0 Å². The fraction of sp³-hybridized carbons (Fsp3) is 0.200. The third kappa shape index (κ3) is 4.51. The molecule has 1 fully saturated rings. The van der Waals surface area contributed by atoms with E-state index in [0.29, 0.717) is 22.7 Å². The minimum absolute atomic E-state index is 0.165. The molecule has 0 saturated heterocycles. The second-order valence-electron chi connectivity index (χ2n) is 8.97. The van der Waals surface area contributed by atoms with Gasteiger partial charge in [0, 0.05) is 51.0 Å². The minimum atomic E-state index is -2.57. The molecule has 1 aliphatic carbocycles. The molecule has 5 rings (SSSR count). The van der Waals surface area contributed by atoms with E-state index in [9.17, 15) is 18.6 Å². The number of halogens is 1. The molecule has 0 spiro atoms. The van der Waals surface area contributed by atoms with Crippen LogP contribution < -0.4 is 26.8 Å². The molecule has 2 N–H and O–H groups in total. The summed E-state index contributed by atoms with van der Waals surface area (Å²) in [6.45, 7) is 0. The molecule has 2 aromatic heterocycles. The predicted octanol–water partition coefficient (Wildman–Crippen LogP) is 3.37. The number of hydrogen-bond acceptors (Lipinski definition) is 5. The molecule has 186 valence electrons. The lowest BCUT2D eigenvalue weighted by molar-refractivity contribution is 0.637. The smallest absolute Gasteiger partial charge is 0.337 e. The predicted molar refractivity (Wildman–Crippen MR) is 150 cm³/mol. The van der Waals surface area contributed by atoms with Crippen LogP contribution in [0.5, 0.6) is 0 Å². The molecule has 1 atom stereocenters. The van der Waals surface area contributed by atoms with Gasteiger partial charge in [-0.3, -0.25) is 18.7 Å². The number of nitrogens with zero attached hydrogens (tertiary/aromatic N) is 3. The number of hydrogen-bond donors (Lipinski definition) is 2. The fourth-order valence-electron chi connectivity index (χ4n) is 4.20. The van der Waals surface area contributed by atoms with Crippen LogP contribution >= 0.6 is 15.9 Å². The van der Waals surface area contributed by atoms with Crippen molar-refractivity contribution in [1.82, 2.24) is 13.7 Å². The Balaban J connectivity index is 1.85. The summed E-state index contributed by atoms with van der Waals surface area (Å²) >= 11 is 3.40. The van der Waals surface area contributed by atoms with Crippen molar-refractivity contribution in [2.45, 2.75) is 18.9 Å². The van der Waals surface area contributed by atoms with E-state index >= 15 is 0 Å². The van der Waals surface area contributed by atoms with Gasteiger partial charge >= 0.3 is 5.69 Å². The Morgan fingerprint density at radius 3 is 2.36 bits per heavy atom. The van der Waals surface area contributed by atoms with Crippen LogP contribution in [0.2, 0.25) is 0 Å². The molecule has 0 amide bonds. The number of rotatable bonds is 6. The van der Waals surface area contributed by atoms with E-state index in [1.165, 1.54) is 33.1 Å². The summed E-state index contributed by atoms with van der Waals surface area (Å²) in [7, 11) is -1.04. The Morgan fingerprint density at radius 2 is 1.72 bits per heavy atom. The lowest BCUT2D eigenvalue weighted by Crippen LogP contribution is -2.41. The van der Waals surface area contributed by atoms with Crippen molar-refractivity contribution in [2.24, 2.45) is 7.05 Å². The normalized spacial score (nSPS) is 15.0. The lowest BCUT2D eigenvalue weighted by atomic mass is 10.2. The maximum atomic E-state index is 13.7. The first-order valence-electron chi connectivity index (χ1n) is 11.2. The molecule has 1 saturated carbocycles. The van der Waals surface area contributed by atoms with Crippen molar-refractivity contribution in [3.05, 3.63) is 90.3 Å². The number of fused-ring (bicyclic) bond motifs is 1. The van der Waals surface area contributed by atoms with E-state index in [1.807, 2.05) is 24.3 Å². The van der Waals surface area contributed by atoms with Crippen LogP contribution in [-0.2, 0) is 16.8 Å². The second-order valence-corrected chi connectivity index (χ2v) is 12.1. The van der Waals surface area contributed by atoms with Gasteiger partial charge in [0.25, 0.3) is 11.1 Å². The van der Waals surface area contributed by atoms with Gasteiger partial charge in [-0.1, -0.05) is 22.0 Å². The number of benzene rings is 2. The van der Waals surface area contributed by atoms with Gasteiger partial charge in [0.1, 0.15) is 11.0 Å². The molecule has 2 heterocycles. The van der Waals surface area contributed by atoms with Crippen molar-refractivity contribution < 1.29 is 4.21 Å². The Labute approximate surface area is 215 Å². The van der Waals surface area contributed by atoms with E-state index < -0.39 is 21.0 Å². The lowest BCUT2D eigenvalue weighted by Gasteiger charge is -2.19. The summed E-state index contributed by atoms with van der Waals surface area (Å²) in [5.41, 5.74) is 0.703. The Kier molecular flexibility index (Phi) is 5.92. The van der Waals surface area contributed by atoms with Crippen molar-refractivity contribution >= 4 is 59.6 Å². The maximum absolute atomic E-state index is 13.7. The molecule has 0 radical (unpaired) electrons. The largest absolute Gasteiger partial charge is 0.355 e. The molecule has 11 heteroatoms. The third-order valence-corrected chi connectivity index (χ3v) is 7.12. The van der Waals surface area contributed by atoms with Gasteiger partial charge in [0.2, 0.25) is 0 Å². The van der Waals surface area contributed by atoms with Gasteiger partial charge in [-0.2, -0.15) is 0 Å². The van der Waals surface area contributed by atoms with Crippen molar-refractivity contribution in [3.8, 4) is 5.69 Å². The maximum Gasteiger partial charge on any atom is 0.337 e. The van der Waals surface area contributed by atoms with E-state index in [0.717, 1.165) is 17.3 Å². The summed E-state index contributed by atoms with van der Waals surface area (Å²) in [6, 6.07) is 15.3. The summed E-state index contributed by atoms with van der Waals surface area (Å²) in [5.74, 6) is 3.62. The highest BCUT2D eigenvalue weighted by atomic mass is 79.9. The average Bonchev–Trinajstić information content (AvgIpc) is 3.63. The van der Waals surface area contributed by atoms with Gasteiger partial charge in [0.05, 0.1) is 11.4 Å². The van der Waals surface area contributed by atoms with Gasteiger partial charge < -0.3 is 10.0 Å².